The highest BCUT2D eigenvalue weighted by Crippen LogP contribution is 2.24. The Kier molecular flexibility index (Phi) is 10.6. The summed E-state index contributed by atoms with van der Waals surface area (Å²) in [6.07, 6.45) is 3.52. The van der Waals surface area contributed by atoms with Crippen molar-refractivity contribution in [2.24, 2.45) is 0 Å². The maximum absolute atomic E-state index is 6.49. The second-order valence-electron chi connectivity index (χ2n) is 7.33. The van der Waals surface area contributed by atoms with Gasteiger partial charge in [-0.05, 0) is 51.7 Å². The number of unbranched alkanes of at least 4 members (excludes halogenated alkanes) is 1. The van der Waals surface area contributed by atoms with Crippen LogP contribution < -0.4 is 0 Å². The highest BCUT2D eigenvalue weighted by atomic mass is 28.5. The van der Waals surface area contributed by atoms with Crippen molar-refractivity contribution in [1.29, 1.82) is 0 Å². The van der Waals surface area contributed by atoms with Crippen LogP contribution in [0, 0.1) is 0 Å². The Morgan fingerprint density at radius 1 is 0.682 bits per heavy atom. The maximum Gasteiger partial charge on any atom is 0.323 e. The molecule has 0 N–H and O–H groups in total. The van der Waals surface area contributed by atoms with E-state index in [4.69, 9.17) is 17.4 Å². The van der Waals surface area contributed by atoms with Gasteiger partial charge in [0.05, 0.1) is 13.2 Å². The van der Waals surface area contributed by atoms with Gasteiger partial charge in [0.2, 0.25) is 0 Å². The van der Waals surface area contributed by atoms with Gasteiger partial charge in [-0.1, -0.05) is 26.7 Å². The second-order valence-corrected chi connectivity index (χ2v) is 18.9. The molecule has 134 valence electrons. The van der Waals surface area contributed by atoms with E-state index < -0.39 is 25.4 Å². The molecule has 0 heterocycles. The van der Waals surface area contributed by atoms with Crippen molar-refractivity contribution in [3.05, 3.63) is 0 Å². The molecule has 0 saturated heterocycles. The van der Waals surface area contributed by atoms with Gasteiger partial charge in [-0.25, -0.2) is 0 Å². The molecule has 4 nitrogen and oxygen atoms in total. The Balaban J connectivity index is 4.29. The highest BCUT2D eigenvalue weighted by molar-refractivity contribution is 6.86. The Morgan fingerprint density at radius 2 is 1.32 bits per heavy atom. The minimum absolute atomic E-state index is 0.611. The van der Waals surface area contributed by atoms with Crippen molar-refractivity contribution in [2.45, 2.75) is 78.4 Å². The Bertz CT molecular complexity index is 297. The maximum atomic E-state index is 6.49. The molecule has 0 bridgehead atoms. The molecule has 0 aliphatic heterocycles. The quantitative estimate of drug-likeness (QED) is 0.344. The van der Waals surface area contributed by atoms with Crippen molar-refractivity contribution < 1.29 is 17.4 Å². The van der Waals surface area contributed by atoms with Gasteiger partial charge in [-0.2, -0.15) is 0 Å². The van der Waals surface area contributed by atoms with Gasteiger partial charge in [-0.15, -0.1) is 0 Å². The predicted octanol–water partition coefficient (Wildman–Crippen LogP) is 4.87. The molecule has 0 aliphatic carbocycles. The van der Waals surface area contributed by atoms with Crippen LogP contribution in [0.1, 0.15) is 33.1 Å². The monoisotopic (exact) mass is 366 g/mol. The Hall–Kier alpha value is 0.491. The molecule has 0 spiro atoms. The first kappa shape index (κ1) is 22.5. The van der Waals surface area contributed by atoms with Crippen LogP contribution in [-0.4, -0.2) is 45.3 Å². The molecule has 0 fully saturated rings. The van der Waals surface area contributed by atoms with E-state index in [0.29, 0.717) is 13.2 Å². The molecule has 0 aromatic carbocycles. The molecule has 0 aromatic heterocycles. The largest absolute Gasteiger partial charge is 0.436 e. The molecule has 0 aromatic rings. The van der Waals surface area contributed by atoms with Gasteiger partial charge in [0.15, 0.2) is 8.32 Å². The third-order valence-corrected chi connectivity index (χ3v) is 13.7. The second kappa shape index (κ2) is 10.4. The van der Waals surface area contributed by atoms with Crippen LogP contribution in [-0.2, 0) is 17.4 Å². The molecular weight excluding hydrogens is 328 g/mol. The Labute approximate surface area is 141 Å². The molecule has 0 unspecified atom stereocenters. The summed E-state index contributed by atoms with van der Waals surface area (Å²) in [5, 5.41) is 0. The van der Waals surface area contributed by atoms with Gasteiger partial charge in [0.1, 0.15) is 0 Å². The van der Waals surface area contributed by atoms with Crippen molar-refractivity contribution >= 4 is 25.4 Å². The fourth-order valence-electron chi connectivity index (χ4n) is 2.55. The summed E-state index contributed by atoms with van der Waals surface area (Å²) in [6.45, 7) is 19.5. The van der Waals surface area contributed by atoms with E-state index in [2.05, 4.69) is 53.1 Å². The van der Waals surface area contributed by atoms with Gasteiger partial charge in [-0.3, -0.25) is 0 Å². The van der Waals surface area contributed by atoms with Crippen LogP contribution in [0.25, 0.3) is 0 Å². The van der Waals surface area contributed by atoms with Crippen molar-refractivity contribution in [1.82, 2.24) is 0 Å². The van der Waals surface area contributed by atoms with E-state index in [1.165, 1.54) is 18.9 Å². The number of hydrogen-bond acceptors (Lipinski definition) is 4. The number of rotatable bonds is 13. The zero-order valence-electron chi connectivity index (χ0n) is 16.1. The predicted molar refractivity (Wildman–Crippen MR) is 101 cm³/mol. The third kappa shape index (κ3) is 12.0. The normalized spacial score (nSPS) is 13.6. The molecular formula is C15H38O4Si3. The molecule has 0 rings (SSSR count). The van der Waals surface area contributed by atoms with E-state index >= 15 is 0 Å². The number of hydrogen-bond donors (Lipinski definition) is 0. The van der Waals surface area contributed by atoms with E-state index in [-0.39, 0.29) is 0 Å². The van der Waals surface area contributed by atoms with Crippen molar-refractivity contribution in [2.75, 3.05) is 19.8 Å². The van der Waals surface area contributed by atoms with Crippen molar-refractivity contribution in [3.63, 3.8) is 0 Å². The topological polar surface area (TPSA) is 36.9 Å². The lowest BCUT2D eigenvalue weighted by Crippen LogP contribution is -2.53. The zero-order chi connectivity index (χ0) is 17.3. The van der Waals surface area contributed by atoms with Gasteiger partial charge in [0, 0.05) is 6.61 Å². The van der Waals surface area contributed by atoms with Gasteiger partial charge >= 0.3 is 17.1 Å². The lowest BCUT2D eigenvalue weighted by molar-refractivity contribution is 0.0891. The summed E-state index contributed by atoms with van der Waals surface area (Å²) >= 11 is 0. The van der Waals surface area contributed by atoms with Crippen LogP contribution in [0.2, 0.25) is 45.3 Å². The SMILES string of the molecule is CCCC[Si](C)(C)O[Si](C)(C)O[Si](C)(C)OCCOCCC. The molecule has 0 atom stereocenters. The van der Waals surface area contributed by atoms with Crippen LogP contribution in [0.5, 0.6) is 0 Å². The minimum atomic E-state index is -2.15. The molecule has 22 heavy (non-hydrogen) atoms. The summed E-state index contributed by atoms with van der Waals surface area (Å²) in [5.41, 5.74) is 0. The van der Waals surface area contributed by atoms with Crippen LogP contribution in [0.3, 0.4) is 0 Å². The van der Waals surface area contributed by atoms with Crippen LogP contribution in [0.4, 0.5) is 0 Å². The smallest absolute Gasteiger partial charge is 0.323 e. The third-order valence-electron chi connectivity index (χ3n) is 3.17. The lowest BCUT2D eigenvalue weighted by atomic mass is 10.4. The standard InChI is InChI=1S/C15H38O4Si3/c1-9-11-15-20(3,4)18-22(7,8)19-21(5,6)17-14-13-16-12-10-2/h9-15H2,1-8H3. The first-order valence-electron chi connectivity index (χ1n) is 8.65. The molecule has 0 aliphatic rings. The lowest BCUT2D eigenvalue weighted by Gasteiger charge is -2.38. The highest BCUT2D eigenvalue weighted by Gasteiger charge is 2.40. The van der Waals surface area contributed by atoms with E-state index in [1.54, 1.807) is 0 Å². The van der Waals surface area contributed by atoms with Crippen LogP contribution >= 0.6 is 0 Å². The summed E-state index contributed by atoms with van der Waals surface area (Å²) in [5.74, 6) is 0. The fraction of sp³-hybridized carbons (Fsp3) is 1.00. The van der Waals surface area contributed by atoms with E-state index in [1.807, 2.05) is 0 Å². The minimum Gasteiger partial charge on any atom is -0.436 e. The first-order chi connectivity index (χ1) is 10.0. The van der Waals surface area contributed by atoms with Crippen molar-refractivity contribution in [3.8, 4) is 0 Å². The summed E-state index contributed by atoms with van der Waals surface area (Å²) in [4.78, 5) is 0. The van der Waals surface area contributed by atoms with Gasteiger partial charge in [0.25, 0.3) is 0 Å². The van der Waals surface area contributed by atoms with Crippen LogP contribution in [0.15, 0.2) is 0 Å². The zero-order valence-corrected chi connectivity index (χ0v) is 19.1. The molecule has 0 amide bonds. The Morgan fingerprint density at radius 3 is 1.86 bits per heavy atom. The first-order valence-corrected chi connectivity index (χ1v) is 17.4. The molecule has 0 radical (unpaired) electrons. The average Bonchev–Trinajstić information content (AvgIpc) is 2.33. The average molecular weight is 367 g/mol. The summed E-state index contributed by atoms with van der Waals surface area (Å²) < 4.78 is 24.3. The van der Waals surface area contributed by atoms with E-state index in [0.717, 1.165) is 13.0 Å². The fourth-order valence-corrected chi connectivity index (χ4v) is 15.6. The summed E-state index contributed by atoms with van der Waals surface area (Å²) in [6, 6.07) is 1.21. The number of ether oxygens (including phenoxy) is 1. The molecule has 7 heteroatoms. The van der Waals surface area contributed by atoms with E-state index in [9.17, 15) is 0 Å². The summed E-state index contributed by atoms with van der Waals surface area (Å²) in [7, 11) is -5.92. The molecule has 0 saturated carbocycles. The van der Waals surface area contributed by atoms with Gasteiger partial charge < -0.3 is 17.4 Å².